The molecule has 2 heterocycles. The Labute approximate surface area is 227 Å². The predicted octanol–water partition coefficient (Wildman–Crippen LogP) is 7.37. The third kappa shape index (κ3) is 5.07. The topological polar surface area (TPSA) is 38.9 Å². The molecule has 5 nitrogen and oxygen atoms in total. The molecule has 0 amide bonds. The van der Waals surface area contributed by atoms with Crippen LogP contribution < -0.4 is 4.90 Å². The Hall–Kier alpha value is -3.43. The molecule has 6 heteroatoms. The van der Waals surface area contributed by atoms with Crippen molar-refractivity contribution in [1.82, 2.24) is 19.6 Å². The molecule has 0 N–H and O–H groups in total. The molecule has 5 rings (SSSR count). The van der Waals surface area contributed by atoms with Crippen molar-refractivity contribution in [3.8, 4) is 11.4 Å². The van der Waals surface area contributed by atoms with E-state index in [1.54, 1.807) is 0 Å². The molecule has 36 heavy (non-hydrogen) atoms. The van der Waals surface area contributed by atoms with Crippen molar-refractivity contribution in [2.24, 2.45) is 0 Å². The summed E-state index contributed by atoms with van der Waals surface area (Å²) in [4.78, 5) is 2.18. The van der Waals surface area contributed by atoms with Crippen LogP contribution in [0.4, 0.5) is 17.3 Å². The van der Waals surface area contributed by atoms with Gasteiger partial charge in [0.2, 0.25) is 0 Å². The van der Waals surface area contributed by atoms with Gasteiger partial charge >= 0.3 is 21.1 Å². The number of hydrogen-bond donors (Lipinski definition) is 0. The van der Waals surface area contributed by atoms with Crippen LogP contribution in [0.15, 0.2) is 91.3 Å². The van der Waals surface area contributed by atoms with Gasteiger partial charge in [-0.3, -0.25) is 14.3 Å². The minimum Gasteiger partial charge on any atom is -0.276 e. The maximum atomic E-state index is 5.09. The van der Waals surface area contributed by atoms with Crippen LogP contribution in [0.2, 0.25) is 0 Å². The molecule has 0 unspecified atom stereocenters. The van der Waals surface area contributed by atoms with Gasteiger partial charge < -0.3 is 0 Å². The normalized spacial score (nSPS) is 11.1. The standard InChI is InChI=1S/C30H29N5.Pt/c1-22(2)27-20-33(24-14-8-5-9-15-24)31-29(27)35(26-18-12-7-13-19-26)30-28(23(3)4)21-34(32-30)25-16-10-6-11-17-25;/h5-14,16,18-23H,1-4H3;/q-2;+2. The van der Waals surface area contributed by atoms with E-state index >= 15 is 0 Å². The van der Waals surface area contributed by atoms with Crippen molar-refractivity contribution < 1.29 is 21.1 Å². The average Bonchev–Trinajstić information content (AvgIpc) is 3.52. The van der Waals surface area contributed by atoms with Crippen molar-refractivity contribution in [3.63, 3.8) is 0 Å². The van der Waals surface area contributed by atoms with Crippen LogP contribution in [0.5, 0.6) is 0 Å². The zero-order valence-electron chi connectivity index (χ0n) is 20.9. The van der Waals surface area contributed by atoms with Gasteiger partial charge in [-0.15, -0.1) is 12.1 Å². The summed E-state index contributed by atoms with van der Waals surface area (Å²) in [6, 6.07) is 32.8. The molecule has 3 aromatic carbocycles. The van der Waals surface area contributed by atoms with Crippen molar-refractivity contribution in [3.05, 3.63) is 115 Å². The summed E-state index contributed by atoms with van der Waals surface area (Å²) in [5.41, 5.74) is 5.11. The summed E-state index contributed by atoms with van der Waals surface area (Å²) < 4.78 is 3.83. The molecule has 0 aliphatic rings. The number of benzene rings is 3. The number of hydrogen-bond acceptors (Lipinski definition) is 3. The van der Waals surface area contributed by atoms with E-state index in [-0.39, 0.29) is 32.9 Å². The zero-order valence-corrected chi connectivity index (χ0v) is 23.1. The van der Waals surface area contributed by atoms with Gasteiger partial charge in [0.1, 0.15) is 0 Å². The number of anilines is 3. The molecule has 0 bridgehead atoms. The SMILES string of the molecule is CC(C)c1cn(-c2[c-]cccc2)nc1N(c1ccccc1)c1nn(-c2[c-]cccc2)cc1C(C)C.[Pt+2]. The van der Waals surface area contributed by atoms with Gasteiger partial charge in [-0.1, -0.05) is 45.9 Å². The van der Waals surface area contributed by atoms with Crippen LogP contribution >= 0.6 is 0 Å². The zero-order chi connectivity index (χ0) is 24.4. The van der Waals surface area contributed by atoms with Gasteiger partial charge in [-0.2, -0.15) is 58.7 Å². The van der Waals surface area contributed by atoms with E-state index in [0.29, 0.717) is 0 Å². The van der Waals surface area contributed by atoms with E-state index in [0.717, 1.165) is 39.8 Å². The first kappa shape index (κ1) is 25.7. The molecule has 0 saturated carbocycles. The largest absolute Gasteiger partial charge is 2.00 e. The summed E-state index contributed by atoms with van der Waals surface area (Å²) in [6.07, 6.45) is 4.22. The van der Waals surface area contributed by atoms with E-state index in [1.165, 1.54) is 0 Å². The number of nitrogens with zero attached hydrogens (tertiary/aromatic N) is 5. The molecule has 0 spiro atoms. The van der Waals surface area contributed by atoms with Crippen LogP contribution in [0, 0.1) is 12.1 Å². The second-order valence-electron chi connectivity index (χ2n) is 9.18. The monoisotopic (exact) mass is 654 g/mol. The number of aromatic nitrogens is 4. The fraction of sp³-hybridized carbons (Fsp3) is 0.200. The maximum Gasteiger partial charge on any atom is 2.00 e. The Morgan fingerprint density at radius 2 is 1.08 bits per heavy atom. The first-order valence-electron chi connectivity index (χ1n) is 12.0. The summed E-state index contributed by atoms with van der Waals surface area (Å²) in [5, 5.41) is 10.2. The summed E-state index contributed by atoms with van der Waals surface area (Å²) in [7, 11) is 0. The van der Waals surface area contributed by atoms with E-state index in [9.17, 15) is 0 Å². The third-order valence-corrected chi connectivity index (χ3v) is 6.01. The number of rotatable bonds is 7. The maximum absolute atomic E-state index is 5.09. The summed E-state index contributed by atoms with van der Waals surface area (Å²) >= 11 is 0. The van der Waals surface area contributed by atoms with Crippen molar-refractivity contribution in [2.45, 2.75) is 39.5 Å². The molecule has 0 fully saturated rings. The van der Waals surface area contributed by atoms with E-state index in [2.05, 4.69) is 81.4 Å². The van der Waals surface area contributed by atoms with Crippen molar-refractivity contribution in [1.29, 1.82) is 0 Å². The first-order valence-corrected chi connectivity index (χ1v) is 12.0. The van der Waals surface area contributed by atoms with Gasteiger partial charge in [0.05, 0.1) is 0 Å². The molecular weight excluding hydrogens is 625 g/mol. The van der Waals surface area contributed by atoms with Crippen LogP contribution in [-0.2, 0) is 21.1 Å². The third-order valence-electron chi connectivity index (χ3n) is 6.01. The summed E-state index contributed by atoms with van der Waals surface area (Å²) in [6.45, 7) is 8.79. The van der Waals surface area contributed by atoms with Gasteiger partial charge in [-0.05, 0) is 35.3 Å². The van der Waals surface area contributed by atoms with Gasteiger partial charge in [0.15, 0.2) is 11.6 Å². The van der Waals surface area contributed by atoms with E-state index in [1.807, 2.05) is 64.0 Å². The van der Waals surface area contributed by atoms with Crippen LogP contribution in [-0.4, -0.2) is 19.6 Å². The van der Waals surface area contributed by atoms with Gasteiger partial charge in [0, 0.05) is 29.2 Å². The molecule has 2 aromatic heterocycles. The van der Waals surface area contributed by atoms with Crippen LogP contribution in [0.25, 0.3) is 11.4 Å². The molecule has 0 aliphatic carbocycles. The minimum atomic E-state index is 0. The predicted molar refractivity (Wildman–Crippen MR) is 141 cm³/mol. The second-order valence-corrected chi connectivity index (χ2v) is 9.18. The van der Waals surface area contributed by atoms with Gasteiger partial charge in [-0.25, -0.2) is 0 Å². The van der Waals surface area contributed by atoms with Crippen LogP contribution in [0.1, 0.15) is 50.7 Å². The molecule has 0 atom stereocenters. The molecular formula is C30H29N5Pt. The second kappa shape index (κ2) is 11.1. The Morgan fingerprint density at radius 1 is 0.639 bits per heavy atom. The quantitative estimate of drug-likeness (QED) is 0.172. The fourth-order valence-electron chi connectivity index (χ4n) is 4.14. The fourth-order valence-corrected chi connectivity index (χ4v) is 4.14. The van der Waals surface area contributed by atoms with Crippen molar-refractivity contribution >= 4 is 17.3 Å². The average molecular weight is 655 g/mol. The van der Waals surface area contributed by atoms with Crippen molar-refractivity contribution in [2.75, 3.05) is 4.90 Å². The molecule has 0 saturated heterocycles. The first-order chi connectivity index (χ1) is 17.0. The molecule has 5 aromatic rings. The summed E-state index contributed by atoms with van der Waals surface area (Å²) in [5.74, 6) is 2.27. The van der Waals surface area contributed by atoms with Gasteiger partial charge in [0.25, 0.3) is 0 Å². The molecule has 0 radical (unpaired) electrons. The molecule has 0 aliphatic heterocycles. The number of para-hydroxylation sites is 3. The Morgan fingerprint density at radius 3 is 1.47 bits per heavy atom. The Kier molecular flexibility index (Phi) is 7.90. The van der Waals surface area contributed by atoms with E-state index < -0.39 is 0 Å². The smallest absolute Gasteiger partial charge is 0.276 e. The van der Waals surface area contributed by atoms with E-state index in [4.69, 9.17) is 10.2 Å². The molecule has 184 valence electrons. The van der Waals surface area contributed by atoms with Crippen LogP contribution in [0.3, 0.4) is 0 Å². The Balaban J connectivity index is 0.00000304. The Bertz CT molecular complexity index is 1300. The minimum absolute atomic E-state index is 0.